The van der Waals surface area contributed by atoms with Gasteiger partial charge in [0.1, 0.15) is 23.3 Å². The number of hydrogen-bond acceptors (Lipinski definition) is 8. The molecule has 2 aromatic heterocycles. The summed E-state index contributed by atoms with van der Waals surface area (Å²) < 4.78 is 28.8. The highest BCUT2D eigenvalue weighted by atomic mass is 35.5. The molecule has 3 aromatic rings. The number of halogens is 3. The highest BCUT2D eigenvalue weighted by Crippen LogP contribution is 2.21. The van der Waals surface area contributed by atoms with E-state index in [4.69, 9.17) is 10.7 Å². The van der Waals surface area contributed by atoms with E-state index in [1.165, 1.54) is 12.1 Å². The molecule has 4 heterocycles. The van der Waals surface area contributed by atoms with E-state index >= 15 is 0 Å². The molecule has 0 spiro atoms. The predicted molar refractivity (Wildman–Crippen MR) is 149 cm³/mol. The summed E-state index contributed by atoms with van der Waals surface area (Å²) in [6.07, 6.45) is 5.98. The third kappa shape index (κ3) is 6.40. The summed E-state index contributed by atoms with van der Waals surface area (Å²) in [6, 6.07) is 5.49. The Kier molecular flexibility index (Phi) is 8.80. The zero-order valence-electron chi connectivity index (χ0n) is 21.7. The van der Waals surface area contributed by atoms with Crippen molar-refractivity contribution in [3.63, 3.8) is 0 Å². The van der Waals surface area contributed by atoms with Gasteiger partial charge in [0.2, 0.25) is 0 Å². The third-order valence-electron chi connectivity index (χ3n) is 7.03. The molecule has 0 radical (unpaired) electrons. The van der Waals surface area contributed by atoms with E-state index in [1.54, 1.807) is 4.68 Å². The molecule has 2 aliphatic rings. The molecule has 0 saturated carbocycles. The maximum Gasteiger partial charge on any atom is 0.254 e. The van der Waals surface area contributed by atoms with E-state index < -0.39 is 11.6 Å². The number of nitrogen functional groups attached to an aromatic ring is 1. The van der Waals surface area contributed by atoms with Crippen molar-refractivity contribution in [2.24, 2.45) is 0 Å². The van der Waals surface area contributed by atoms with Crippen LogP contribution in [0.2, 0.25) is 0 Å². The first kappa shape index (κ1) is 27.7. The minimum Gasteiger partial charge on any atom is -0.383 e. The second kappa shape index (κ2) is 12.1. The van der Waals surface area contributed by atoms with Crippen LogP contribution in [-0.2, 0) is 0 Å². The highest BCUT2D eigenvalue weighted by molar-refractivity contribution is 5.85. The quantitative estimate of drug-likeness (QED) is 0.506. The van der Waals surface area contributed by atoms with Crippen LogP contribution in [0.15, 0.2) is 36.5 Å². The number of piperazine rings is 2. The van der Waals surface area contributed by atoms with Crippen LogP contribution in [0, 0.1) is 18.6 Å². The number of aromatic nitrogens is 4. The SMILES string of the molecule is Cc1c(/C=C/CN2CCN(c3cc(F)cc(F)c3)CC2)cnn1-c1nc(N)cc(N2CCN(C)CC2)n1.Cl. The first-order chi connectivity index (χ1) is 17.9. The molecule has 0 aliphatic carbocycles. The Balaban J connectivity index is 0.00000336. The Hall–Kier alpha value is -3.28. The van der Waals surface area contributed by atoms with Crippen molar-refractivity contribution in [2.75, 3.05) is 81.5 Å². The summed E-state index contributed by atoms with van der Waals surface area (Å²) in [5, 5.41) is 4.53. The van der Waals surface area contributed by atoms with Crippen LogP contribution in [0.1, 0.15) is 11.3 Å². The molecule has 0 unspecified atom stereocenters. The topological polar surface area (TPSA) is 82.6 Å². The van der Waals surface area contributed by atoms with E-state index in [0.717, 1.165) is 82.0 Å². The van der Waals surface area contributed by atoms with Gasteiger partial charge in [-0.3, -0.25) is 4.90 Å². The van der Waals surface area contributed by atoms with Crippen LogP contribution in [0.5, 0.6) is 0 Å². The molecule has 1 aromatic carbocycles. The van der Waals surface area contributed by atoms with Gasteiger partial charge in [0, 0.05) is 82.3 Å². The molecule has 12 heteroatoms. The molecular weight excluding hydrogens is 512 g/mol. The van der Waals surface area contributed by atoms with Crippen molar-refractivity contribution >= 4 is 35.8 Å². The number of likely N-dealkylation sites (N-methyl/N-ethyl adjacent to an activating group) is 1. The maximum absolute atomic E-state index is 13.6. The van der Waals surface area contributed by atoms with Gasteiger partial charge in [-0.25, -0.2) is 13.5 Å². The zero-order valence-corrected chi connectivity index (χ0v) is 22.5. The van der Waals surface area contributed by atoms with E-state index in [-0.39, 0.29) is 12.4 Å². The first-order valence-electron chi connectivity index (χ1n) is 12.6. The lowest BCUT2D eigenvalue weighted by Crippen LogP contribution is -2.46. The molecule has 0 atom stereocenters. The fraction of sp³-hybridized carbons (Fsp3) is 0.423. The van der Waals surface area contributed by atoms with Crippen molar-refractivity contribution in [2.45, 2.75) is 6.92 Å². The van der Waals surface area contributed by atoms with Gasteiger partial charge < -0.3 is 20.4 Å². The minimum atomic E-state index is -0.546. The number of hydrogen-bond donors (Lipinski definition) is 1. The summed E-state index contributed by atoms with van der Waals surface area (Å²) in [5.41, 5.74) is 8.64. The molecule has 38 heavy (non-hydrogen) atoms. The minimum absolute atomic E-state index is 0. The lowest BCUT2D eigenvalue weighted by atomic mass is 10.2. The van der Waals surface area contributed by atoms with Gasteiger partial charge in [-0.1, -0.05) is 12.2 Å². The fourth-order valence-corrected chi connectivity index (χ4v) is 4.76. The Morgan fingerprint density at radius 3 is 2.24 bits per heavy atom. The van der Waals surface area contributed by atoms with Gasteiger partial charge in [0.25, 0.3) is 5.95 Å². The van der Waals surface area contributed by atoms with Gasteiger partial charge in [0.05, 0.1) is 11.9 Å². The zero-order chi connectivity index (χ0) is 25.9. The van der Waals surface area contributed by atoms with Crippen molar-refractivity contribution < 1.29 is 8.78 Å². The van der Waals surface area contributed by atoms with E-state index in [1.807, 2.05) is 24.1 Å². The summed E-state index contributed by atoms with van der Waals surface area (Å²) in [6.45, 7) is 9.58. The van der Waals surface area contributed by atoms with Crippen LogP contribution in [0.4, 0.5) is 26.1 Å². The highest BCUT2D eigenvalue weighted by Gasteiger charge is 2.19. The van der Waals surface area contributed by atoms with E-state index in [2.05, 4.69) is 44.0 Å². The number of nitrogens with zero attached hydrogens (tertiary/aromatic N) is 8. The Morgan fingerprint density at radius 2 is 1.55 bits per heavy atom. The van der Waals surface area contributed by atoms with Crippen molar-refractivity contribution in [1.29, 1.82) is 0 Å². The molecule has 2 aliphatic heterocycles. The maximum atomic E-state index is 13.6. The smallest absolute Gasteiger partial charge is 0.254 e. The summed E-state index contributed by atoms with van der Waals surface area (Å²) in [7, 11) is 2.12. The van der Waals surface area contributed by atoms with E-state index in [9.17, 15) is 8.78 Å². The molecule has 2 fully saturated rings. The van der Waals surface area contributed by atoms with Crippen molar-refractivity contribution in [1.82, 2.24) is 29.5 Å². The largest absolute Gasteiger partial charge is 0.383 e. The molecule has 0 amide bonds. The Labute approximate surface area is 227 Å². The van der Waals surface area contributed by atoms with E-state index in [0.29, 0.717) is 17.5 Å². The third-order valence-corrected chi connectivity index (χ3v) is 7.03. The van der Waals surface area contributed by atoms with Gasteiger partial charge in [-0.15, -0.1) is 12.4 Å². The molecule has 0 bridgehead atoms. The lowest BCUT2D eigenvalue weighted by Gasteiger charge is -2.35. The molecule has 2 saturated heterocycles. The van der Waals surface area contributed by atoms with Crippen LogP contribution in [0.3, 0.4) is 0 Å². The van der Waals surface area contributed by atoms with Crippen molar-refractivity contribution in [3.8, 4) is 5.95 Å². The monoisotopic (exact) mass is 545 g/mol. The molecule has 5 rings (SSSR count). The average molecular weight is 546 g/mol. The van der Waals surface area contributed by atoms with Gasteiger partial charge >= 0.3 is 0 Å². The second-order valence-corrected chi connectivity index (χ2v) is 9.66. The average Bonchev–Trinajstić information content (AvgIpc) is 3.24. The Bertz CT molecular complexity index is 1250. The summed E-state index contributed by atoms with van der Waals surface area (Å²) in [5.74, 6) is 0.621. The number of benzene rings is 1. The molecule has 204 valence electrons. The number of anilines is 3. The number of nitrogens with two attached hydrogens (primary N) is 1. The standard InChI is InChI=1S/C26H33F2N9.ClH/c1-19-20(4-3-5-34-8-12-35(13-9-34)23-15-21(27)14-22(28)16-23)18-30-37(19)26-31-24(29)17-25(32-26)36-10-6-33(2)7-11-36;/h3-4,14-18H,5-13H2,1-2H3,(H2,29,31,32);1H/b4-3+;. The first-order valence-corrected chi connectivity index (χ1v) is 12.6. The molecule has 9 nitrogen and oxygen atoms in total. The number of rotatable bonds is 6. The predicted octanol–water partition coefficient (Wildman–Crippen LogP) is 2.84. The second-order valence-electron chi connectivity index (χ2n) is 9.66. The van der Waals surface area contributed by atoms with Crippen LogP contribution >= 0.6 is 12.4 Å². The van der Waals surface area contributed by atoms with Gasteiger partial charge in [-0.05, 0) is 26.1 Å². The van der Waals surface area contributed by atoms with Crippen LogP contribution in [-0.4, -0.2) is 95.5 Å². The van der Waals surface area contributed by atoms with Crippen LogP contribution in [0.25, 0.3) is 12.0 Å². The molecule has 2 N–H and O–H groups in total. The Morgan fingerprint density at radius 1 is 0.895 bits per heavy atom. The molecular formula is C26H34ClF2N9. The summed E-state index contributed by atoms with van der Waals surface area (Å²) >= 11 is 0. The van der Waals surface area contributed by atoms with Gasteiger partial charge in [-0.2, -0.15) is 15.1 Å². The normalized spacial score (nSPS) is 17.3. The van der Waals surface area contributed by atoms with Crippen molar-refractivity contribution in [3.05, 3.63) is 59.4 Å². The fourth-order valence-electron chi connectivity index (χ4n) is 4.76. The van der Waals surface area contributed by atoms with Crippen LogP contribution < -0.4 is 15.5 Å². The summed E-state index contributed by atoms with van der Waals surface area (Å²) in [4.78, 5) is 18.0. The lowest BCUT2D eigenvalue weighted by molar-refractivity contribution is 0.284. The van der Waals surface area contributed by atoms with Gasteiger partial charge in [0.15, 0.2) is 0 Å².